The molecule has 108 valence electrons. The van der Waals surface area contributed by atoms with E-state index in [0.717, 1.165) is 42.9 Å². The minimum atomic E-state index is 0.642. The highest BCUT2D eigenvalue weighted by atomic mass is 35.5. The molecular formula is C15H20ClN3S. The molecule has 2 fully saturated rings. The van der Waals surface area contributed by atoms with Crippen molar-refractivity contribution in [1.29, 1.82) is 0 Å². The van der Waals surface area contributed by atoms with Gasteiger partial charge in [-0.3, -0.25) is 4.90 Å². The van der Waals surface area contributed by atoms with Crippen LogP contribution < -0.4 is 5.32 Å². The van der Waals surface area contributed by atoms with Crippen molar-refractivity contribution in [2.75, 3.05) is 26.2 Å². The molecule has 20 heavy (non-hydrogen) atoms. The molecule has 1 aliphatic heterocycles. The summed E-state index contributed by atoms with van der Waals surface area (Å²) < 4.78 is 0. The number of piperazine rings is 1. The Morgan fingerprint density at radius 1 is 1.20 bits per heavy atom. The molecule has 0 unspecified atom stereocenters. The molecule has 1 N–H and O–H groups in total. The van der Waals surface area contributed by atoms with E-state index in [1.807, 2.05) is 18.2 Å². The van der Waals surface area contributed by atoms with E-state index in [-0.39, 0.29) is 0 Å². The van der Waals surface area contributed by atoms with Gasteiger partial charge in [0.05, 0.1) is 0 Å². The van der Waals surface area contributed by atoms with Crippen molar-refractivity contribution >= 4 is 28.9 Å². The first kappa shape index (κ1) is 14.1. The van der Waals surface area contributed by atoms with Crippen molar-refractivity contribution in [3.05, 3.63) is 34.9 Å². The van der Waals surface area contributed by atoms with Gasteiger partial charge in [-0.2, -0.15) is 0 Å². The maximum atomic E-state index is 6.22. The number of rotatable bonds is 3. The summed E-state index contributed by atoms with van der Waals surface area (Å²) in [6.07, 6.45) is 2.54. The minimum Gasteiger partial charge on any atom is -0.360 e. The highest BCUT2D eigenvalue weighted by Crippen LogP contribution is 2.20. The molecule has 1 saturated heterocycles. The molecule has 3 nitrogen and oxygen atoms in total. The normalized spacial score (nSPS) is 19.9. The van der Waals surface area contributed by atoms with E-state index in [1.54, 1.807) is 0 Å². The molecule has 0 amide bonds. The molecule has 1 aliphatic carbocycles. The minimum absolute atomic E-state index is 0.642. The zero-order chi connectivity index (χ0) is 13.9. The van der Waals surface area contributed by atoms with Gasteiger partial charge in [0.15, 0.2) is 5.11 Å². The smallest absolute Gasteiger partial charge is 0.169 e. The Hall–Kier alpha value is -0.840. The Balaban J connectivity index is 1.48. The largest absolute Gasteiger partial charge is 0.360 e. The lowest BCUT2D eigenvalue weighted by Gasteiger charge is -2.36. The number of thiocarbonyl (C=S) groups is 1. The van der Waals surface area contributed by atoms with Crippen LogP contribution in [0.25, 0.3) is 0 Å². The lowest BCUT2D eigenvalue weighted by Crippen LogP contribution is -2.51. The first-order valence-electron chi connectivity index (χ1n) is 7.23. The lowest BCUT2D eigenvalue weighted by molar-refractivity contribution is 0.174. The van der Waals surface area contributed by atoms with E-state index >= 15 is 0 Å². The van der Waals surface area contributed by atoms with Crippen molar-refractivity contribution in [3.8, 4) is 0 Å². The van der Waals surface area contributed by atoms with Crippen molar-refractivity contribution in [3.63, 3.8) is 0 Å². The highest BCUT2D eigenvalue weighted by Gasteiger charge is 2.25. The van der Waals surface area contributed by atoms with Gasteiger partial charge in [0.1, 0.15) is 0 Å². The number of hydrogen-bond acceptors (Lipinski definition) is 2. The molecular weight excluding hydrogens is 290 g/mol. The fourth-order valence-electron chi connectivity index (χ4n) is 2.47. The summed E-state index contributed by atoms with van der Waals surface area (Å²) in [5.41, 5.74) is 1.21. The van der Waals surface area contributed by atoms with Crippen LogP contribution in [0, 0.1) is 0 Å². The highest BCUT2D eigenvalue weighted by molar-refractivity contribution is 7.80. The molecule has 0 bridgehead atoms. The van der Waals surface area contributed by atoms with E-state index in [4.69, 9.17) is 23.8 Å². The van der Waals surface area contributed by atoms with Gasteiger partial charge in [-0.15, -0.1) is 0 Å². The van der Waals surface area contributed by atoms with Crippen LogP contribution in [-0.2, 0) is 6.54 Å². The summed E-state index contributed by atoms with van der Waals surface area (Å²) in [7, 11) is 0. The molecule has 0 spiro atoms. The summed E-state index contributed by atoms with van der Waals surface area (Å²) >= 11 is 11.7. The maximum absolute atomic E-state index is 6.22. The maximum Gasteiger partial charge on any atom is 0.169 e. The van der Waals surface area contributed by atoms with E-state index < -0.39 is 0 Å². The fourth-order valence-corrected chi connectivity index (χ4v) is 3.01. The zero-order valence-corrected chi connectivity index (χ0v) is 13.1. The summed E-state index contributed by atoms with van der Waals surface area (Å²) in [6, 6.07) is 8.73. The molecule has 1 aromatic rings. The Labute approximate surface area is 130 Å². The monoisotopic (exact) mass is 309 g/mol. The van der Waals surface area contributed by atoms with Gasteiger partial charge in [-0.1, -0.05) is 29.8 Å². The van der Waals surface area contributed by atoms with E-state index in [9.17, 15) is 0 Å². The topological polar surface area (TPSA) is 18.5 Å². The molecule has 1 aromatic carbocycles. The molecule has 2 aliphatic rings. The Kier molecular flexibility index (Phi) is 4.44. The van der Waals surface area contributed by atoms with Crippen molar-refractivity contribution in [2.45, 2.75) is 25.4 Å². The zero-order valence-electron chi connectivity index (χ0n) is 11.5. The standard InChI is InChI=1S/C15H20ClN3S/c16-14-4-2-1-3-12(14)11-18-7-9-19(10-8-18)15(20)17-13-5-6-13/h1-4,13H,5-11H2,(H,17,20). The number of nitrogens with zero attached hydrogens (tertiary/aromatic N) is 2. The molecule has 5 heteroatoms. The Bertz CT molecular complexity index is 482. The quantitative estimate of drug-likeness (QED) is 0.864. The first-order chi connectivity index (χ1) is 9.72. The van der Waals surface area contributed by atoms with E-state index in [0.29, 0.717) is 6.04 Å². The third-order valence-electron chi connectivity index (χ3n) is 3.92. The van der Waals surface area contributed by atoms with Gasteiger partial charge in [0.25, 0.3) is 0 Å². The van der Waals surface area contributed by atoms with Gasteiger partial charge >= 0.3 is 0 Å². The van der Waals surface area contributed by atoms with Gasteiger partial charge in [-0.25, -0.2) is 0 Å². The molecule has 0 atom stereocenters. The summed E-state index contributed by atoms with van der Waals surface area (Å²) in [5.74, 6) is 0. The van der Waals surface area contributed by atoms with Crippen LogP contribution in [0.2, 0.25) is 5.02 Å². The first-order valence-corrected chi connectivity index (χ1v) is 8.02. The molecule has 0 radical (unpaired) electrons. The van der Waals surface area contributed by atoms with Crippen molar-refractivity contribution in [2.24, 2.45) is 0 Å². The summed E-state index contributed by atoms with van der Waals surface area (Å²) in [6.45, 7) is 5.01. The SMILES string of the molecule is S=C(NC1CC1)N1CCN(Cc2ccccc2Cl)CC1. The molecule has 3 rings (SSSR count). The summed E-state index contributed by atoms with van der Waals surface area (Å²) in [5, 5.41) is 5.21. The van der Waals surface area contributed by atoms with Crippen LogP contribution in [0.3, 0.4) is 0 Å². The van der Waals surface area contributed by atoms with Crippen LogP contribution in [0.5, 0.6) is 0 Å². The average Bonchev–Trinajstić information content (AvgIpc) is 3.26. The third-order valence-corrected chi connectivity index (χ3v) is 4.66. The number of nitrogens with one attached hydrogen (secondary N) is 1. The predicted octanol–water partition coefficient (Wildman–Crippen LogP) is 2.49. The second-order valence-corrected chi connectivity index (χ2v) is 6.37. The van der Waals surface area contributed by atoms with Crippen LogP contribution in [0.1, 0.15) is 18.4 Å². The molecule has 0 aromatic heterocycles. The summed E-state index contributed by atoms with van der Waals surface area (Å²) in [4.78, 5) is 4.73. The van der Waals surface area contributed by atoms with E-state index in [1.165, 1.54) is 18.4 Å². The van der Waals surface area contributed by atoms with Crippen LogP contribution in [0.4, 0.5) is 0 Å². The molecule has 1 saturated carbocycles. The van der Waals surface area contributed by atoms with Crippen LogP contribution in [-0.4, -0.2) is 47.1 Å². The number of benzene rings is 1. The van der Waals surface area contributed by atoms with Crippen molar-refractivity contribution < 1.29 is 0 Å². The number of halogens is 1. The van der Waals surface area contributed by atoms with Gasteiger partial charge < -0.3 is 10.2 Å². The van der Waals surface area contributed by atoms with Gasteiger partial charge in [0, 0.05) is 43.8 Å². The lowest BCUT2D eigenvalue weighted by atomic mass is 10.2. The predicted molar refractivity (Wildman–Crippen MR) is 87.1 cm³/mol. The van der Waals surface area contributed by atoms with Gasteiger partial charge in [-0.05, 0) is 36.7 Å². The van der Waals surface area contributed by atoms with Gasteiger partial charge in [0.2, 0.25) is 0 Å². The Morgan fingerprint density at radius 3 is 2.55 bits per heavy atom. The van der Waals surface area contributed by atoms with Crippen LogP contribution >= 0.6 is 23.8 Å². The molecule has 1 heterocycles. The third kappa shape index (κ3) is 3.62. The fraction of sp³-hybridized carbons (Fsp3) is 0.533. The van der Waals surface area contributed by atoms with E-state index in [2.05, 4.69) is 21.2 Å². The Morgan fingerprint density at radius 2 is 1.90 bits per heavy atom. The van der Waals surface area contributed by atoms with Crippen LogP contribution in [0.15, 0.2) is 24.3 Å². The van der Waals surface area contributed by atoms with Crippen molar-refractivity contribution in [1.82, 2.24) is 15.1 Å². The second kappa shape index (κ2) is 6.29. The number of hydrogen-bond donors (Lipinski definition) is 1. The average molecular weight is 310 g/mol. The second-order valence-electron chi connectivity index (χ2n) is 5.58.